The van der Waals surface area contributed by atoms with Crippen LogP contribution in [0.3, 0.4) is 0 Å². The van der Waals surface area contributed by atoms with Crippen molar-refractivity contribution in [3.63, 3.8) is 0 Å². The Morgan fingerprint density at radius 2 is 1.24 bits per heavy atom. The second-order valence-corrected chi connectivity index (χ2v) is 8.81. The second kappa shape index (κ2) is 10.3. The monoisotopic (exact) mass is 506 g/mol. The van der Waals surface area contributed by atoms with E-state index in [-0.39, 0.29) is 30.9 Å². The van der Waals surface area contributed by atoms with Crippen LogP contribution < -0.4 is 15.4 Å². The molecule has 12 heteroatoms. The lowest BCUT2D eigenvalue weighted by atomic mass is 10.2. The first kappa shape index (κ1) is 25.9. The summed E-state index contributed by atoms with van der Waals surface area (Å²) in [7, 11) is 0. The fourth-order valence-corrected chi connectivity index (χ4v) is 3.01. The number of nitrogens with one attached hydrogen (secondary N) is 2. The largest absolute Gasteiger partial charge is 0.444 e. The van der Waals surface area contributed by atoms with Crippen molar-refractivity contribution in [2.24, 2.45) is 0 Å². The van der Waals surface area contributed by atoms with E-state index in [2.05, 4.69) is 10.6 Å². The smallest absolute Gasteiger partial charge is 0.408 e. The quantitative estimate of drug-likeness (QED) is 0.244. The van der Waals surface area contributed by atoms with Crippen molar-refractivity contribution in [2.75, 3.05) is 0 Å². The van der Waals surface area contributed by atoms with Gasteiger partial charge in [0, 0.05) is 0 Å². The van der Waals surface area contributed by atoms with Gasteiger partial charge in [0.05, 0.1) is 15.1 Å². The molecule has 0 aliphatic rings. The molecule has 29 heavy (non-hydrogen) atoms. The molecule has 2 atom stereocenters. The van der Waals surface area contributed by atoms with Crippen molar-refractivity contribution in [2.45, 2.75) is 52.3 Å². The minimum atomic E-state index is -1.12. The summed E-state index contributed by atoms with van der Waals surface area (Å²) < 4.78 is 10.2. The SMILES string of the molecule is C[C@H](NC(=O)OC(C)(C)C)C(=O)N[C@H](C)C(=O)Oc1c(Cl)c(Cl)c(Cl)c(Cl)c1Cl. The number of esters is 1. The molecule has 0 saturated carbocycles. The molecule has 0 bridgehead atoms. The van der Waals surface area contributed by atoms with Gasteiger partial charge in [0.2, 0.25) is 5.91 Å². The van der Waals surface area contributed by atoms with Gasteiger partial charge in [-0.3, -0.25) is 4.79 Å². The van der Waals surface area contributed by atoms with Gasteiger partial charge in [-0.15, -0.1) is 0 Å². The zero-order valence-corrected chi connectivity index (χ0v) is 19.9. The topological polar surface area (TPSA) is 93.7 Å². The second-order valence-electron chi connectivity index (χ2n) is 6.92. The Kier molecular flexibility index (Phi) is 9.17. The average molecular weight is 509 g/mol. The molecule has 2 N–H and O–H groups in total. The van der Waals surface area contributed by atoms with Gasteiger partial charge >= 0.3 is 12.1 Å². The molecule has 2 amide bonds. The molecular weight excluding hydrogens is 489 g/mol. The summed E-state index contributed by atoms with van der Waals surface area (Å²) in [6, 6.07) is -2.10. The fourth-order valence-electron chi connectivity index (χ4n) is 1.81. The van der Waals surface area contributed by atoms with Crippen molar-refractivity contribution in [1.29, 1.82) is 0 Å². The molecule has 1 aromatic rings. The van der Waals surface area contributed by atoms with E-state index < -0.39 is 35.7 Å². The van der Waals surface area contributed by atoms with Crippen molar-refractivity contribution in [1.82, 2.24) is 10.6 Å². The Hall–Kier alpha value is -1.12. The van der Waals surface area contributed by atoms with Crippen LogP contribution in [0.2, 0.25) is 25.1 Å². The number of hydrogen-bond donors (Lipinski definition) is 2. The molecule has 0 unspecified atom stereocenters. The first-order chi connectivity index (χ1) is 13.2. The van der Waals surface area contributed by atoms with E-state index >= 15 is 0 Å². The predicted molar refractivity (Wildman–Crippen MR) is 114 cm³/mol. The highest BCUT2D eigenvalue weighted by atomic mass is 35.5. The minimum absolute atomic E-state index is 0.0912. The number of amides is 2. The van der Waals surface area contributed by atoms with Gasteiger partial charge in [-0.2, -0.15) is 0 Å². The van der Waals surface area contributed by atoms with Crippen LogP contribution in [0.15, 0.2) is 0 Å². The van der Waals surface area contributed by atoms with Gasteiger partial charge in [0.15, 0.2) is 5.75 Å². The molecular formula is C17H19Cl5N2O5. The van der Waals surface area contributed by atoms with Crippen LogP contribution in [-0.2, 0) is 14.3 Å². The van der Waals surface area contributed by atoms with Crippen LogP contribution in [0.1, 0.15) is 34.6 Å². The first-order valence-electron chi connectivity index (χ1n) is 8.18. The van der Waals surface area contributed by atoms with Crippen LogP contribution in [0.25, 0.3) is 0 Å². The van der Waals surface area contributed by atoms with Gasteiger partial charge < -0.3 is 20.1 Å². The number of carbonyl (C=O) groups excluding carboxylic acids is 3. The van der Waals surface area contributed by atoms with Crippen molar-refractivity contribution in [3.05, 3.63) is 25.1 Å². The maximum absolute atomic E-state index is 12.3. The summed E-state index contributed by atoms with van der Waals surface area (Å²) in [4.78, 5) is 36.2. The Labute approximate surface area is 193 Å². The zero-order chi connectivity index (χ0) is 22.7. The van der Waals surface area contributed by atoms with Gasteiger partial charge in [-0.25, -0.2) is 9.59 Å². The molecule has 1 rings (SSSR count). The number of halogens is 5. The van der Waals surface area contributed by atoms with Gasteiger partial charge in [0.25, 0.3) is 0 Å². The predicted octanol–water partition coefficient (Wildman–Crippen LogP) is 5.28. The number of hydrogen-bond acceptors (Lipinski definition) is 5. The zero-order valence-electron chi connectivity index (χ0n) is 16.1. The molecule has 0 spiro atoms. The van der Waals surface area contributed by atoms with E-state index in [0.29, 0.717) is 0 Å². The molecule has 0 saturated heterocycles. The lowest BCUT2D eigenvalue weighted by molar-refractivity contribution is -0.139. The highest BCUT2D eigenvalue weighted by molar-refractivity contribution is 6.55. The minimum Gasteiger partial charge on any atom is -0.444 e. The van der Waals surface area contributed by atoms with E-state index in [1.54, 1.807) is 20.8 Å². The fraction of sp³-hybridized carbons (Fsp3) is 0.471. The third-order valence-corrected chi connectivity index (χ3v) is 5.45. The van der Waals surface area contributed by atoms with Crippen molar-refractivity contribution < 1.29 is 23.9 Å². The third-order valence-electron chi connectivity index (χ3n) is 3.21. The van der Waals surface area contributed by atoms with E-state index in [1.807, 2.05) is 0 Å². The highest BCUT2D eigenvalue weighted by Gasteiger charge is 2.27. The number of carbonyl (C=O) groups is 3. The number of ether oxygens (including phenoxy) is 2. The lowest BCUT2D eigenvalue weighted by Crippen LogP contribution is -2.50. The van der Waals surface area contributed by atoms with Crippen LogP contribution in [-0.4, -0.2) is 35.7 Å². The maximum Gasteiger partial charge on any atom is 0.408 e. The summed E-state index contributed by atoms with van der Waals surface area (Å²) >= 11 is 29.7. The molecule has 162 valence electrons. The summed E-state index contributed by atoms with van der Waals surface area (Å²) in [5.74, 6) is -1.84. The molecule has 1 aromatic carbocycles. The Bertz CT molecular complexity index is 796. The van der Waals surface area contributed by atoms with Gasteiger partial charge in [0.1, 0.15) is 27.7 Å². The molecule has 0 aromatic heterocycles. The van der Waals surface area contributed by atoms with Crippen molar-refractivity contribution in [3.8, 4) is 5.75 Å². The summed E-state index contributed by atoms with van der Waals surface area (Å²) in [6.07, 6.45) is -0.778. The molecule has 0 aliphatic heterocycles. The van der Waals surface area contributed by atoms with E-state index in [4.69, 9.17) is 67.5 Å². The molecule has 0 aliphatic carbocycles. The molecule has 0 fully saturated rings. The summed E-state index contributed by atoms with van der Waals surface area (Å²) in [5.41, 5.74) is -0.725. The van der Waals surface area contributed by atoms with E-state index in [9.17, 15) is 14.4 Å². The normalized spacial score (nSPS) is 13.3. The van der Waals surface area contributed by atoms with Crippen molar-refractivity contribution >= 4 is 76.0 Å². The molecule has 0 radical (unpaired) electrons. The summed E-state index contributed by atoms with van der Waals surface area (Å²) in [6.45, 7) is 7.83. The van der Waals surface area contributed by atoms with Crippen LogP contribution in [0, 0.1) is 0 Å². The first-order valence-corrected chi connectivity index (χ1v) is 10.1. The van der Waals surface area contributed by atoms with E-state index in [0.717, 1.165) is 0 Å². The number of alkyl carbamates (subject to hydrolysis) is 1. The third kappa shape index (κ3) is 7.26. The molecule has 7 nitrogen and oxygen atoms in total. The number of benzene rings is 1. The van der Waals surface area contributed by atoms with E-state index in [1.165, 1.54) is 13.8 Å². The van der Waals surface area contributed by atoms with Gasteiger partial charge in [-0.1, -0.05) is 58.0 Å². The Balaban J connectivity index is 2.79. The molecule has 0 heterocycles. The maximum atomic E-state index is 12.3. The Morgan fingerprint density at radius 1 is 0.793 bits per heavy atom. The van der Waals surface area contributed by atoms with Crippen LogP contribution in [0.4, 0.5) is 4.79 Å². The summed E-state index contributed by atoms with van der Waals surface area (Å²) in [5, 5.41) is 3.94. The lowest BCUT2D eigenvalue weighted by Gasteiger charge is -2.22. The highest BCUT2D eigenvalue weighted by Crippen LogP contribution is 2.48. The van der Waals surface area contributed by atoms with Crippen LogP contribution >= 0.6 is 58.0 Å². The van der Waals surface area contributed by atoms with Crippen LogP contribution in [0.5, 0.6) is 5.75 Å². The van der Waals surface area contributed by atoms with Gasteiger partial charge in [-0.05, 0) is 34.6 Å². The number of rotatable bonds is 5. The standard InChI is InChI=1S/C17H19Cl5N2O5/c1-6(24-16(27)29-17(3,4)5)14(25)23-7(2)15(26)28-13-11(21)9(19)8(18)10(20)12(13)22/h6-7H,1-5H3,(H,23,25)(H,24,27)/t6-,7+/m0/s1. The Morgan fingerprint density at radius 3 is 1.69 bits per heavy atom. The average Bonchev–Trinajstić information content (AvgIpc) is 2.59.